The average Bonchev–Trinajstić information content (AvgIpc) is 1.48. The number of nitrogens with two attached hydrogens (primary N) is 1. The molecule has 0 radical (unpaired) electrons. The number of piperidine rings is 1. The van der Waals surface area contributed by atoms with Crippen molar-refractivity contribution in [2.24, 2.45) is 64.9 Å². The third kappa shape index (κ3) is 34.1. The summed E-state index contributed by atoms with van der Waals surface area (Å²) in [6.45, 7) is 36.7. The molecule has 3 saturated heterocycles. The van der Waals surface area contributed by atoms with Gasteiger partial charge in [-0.25, -0.2) is 9.59 Å². The number of aliphatic carboxylic acids is 1. The number of nitrogens with one attached hydrogen (secondary N) is 5. The van der Waals surface area contributed by atoms with Gasteiger partial charge in [-0.2, -0.15) is 0 Å². The Bertz CT molecular complexity index is 3690. The Balaban J connectivity index is 0.000000462. The van der Waals surface area contributed by atoms with Crippen LogP contribution in [0.2, 0.25) is 0 Å². The van der Waals surface area contributed by atoms with E-state index in [-0.39, 0.29) is 114 Å². The number of rotatable bonds is 45. The monoisotopic (exact) mass is 1800 g/mol. The molecule has 10 amide bonds. The third-order valence-electron chi connectivity index (χ3n) is 26.6. The molecule has 128 heavy (non-hydrogen) atoms. The number of hydrogen-bond acceptors (Lipinski definition) is 19. The highest BCUT2D eigenvalue weighted by Crippen LogP contribution is 2.34. The summed E-state index contributed by atoms with van der Waals surface area (Å²) in [5.74, 6) is -4.09. The molecule has 1 saturated carbocycles. The molecule has 6 rings (SSSR count). The summed E-state index contributed by atoms with van der Waals surface area (Å²) in [7, 11) is 17.0. The average molecular weight is 1800 g/mol. The van der Waals surface area contributed by atoms with E-state index in [2.05, 4.69) is 33.5 Å². The normalized spacial score (nSPS) is 19.7. The molecule has 3 aliphatic heterocycles. The highest BCUT2D eigenvalue weighted by atomic mass is 16.6. The minimum Gasteiger partial charge on any atom is -0.480 e. The maximum atomic E-state index is 14.4. The summed E-state index contributed by atoms with van der Waals surface area (Å²) in [6.07, 6.45) is 9.67. The number of carbonyl (C=O) groups is 11. The Hall–Kier alpha value is -7.87. The van der Waals surface area contributed by atoms with Crippen LogP contribution in [0.1, 0.15) is 225 Å². The van der Waals surface area contributed by atoms with Crippen molar-refractivity contribution in [3.05, 3.63) is 71.8 Å². The Morgan fingerprint density at radius 3 is 1.18 bits per heavy atom. The van der Waals surface area contributed by atoms with Gasteiger partial charge in [-0.3, -0.25) is 53.0 Å². The van der Waals surface area contributed by atoms with Crippen molar-refractivity contribution in [1.29, 1.82) is 0 Å². The molecular formula is C98H169N13O17. The van der Waals surface area contributed by atoms with Crippen molar-refractivity contribution < 1.29 is 81.5 Å². The molecular weight excluding hydrogens is 1630 g/mol. The second-order valence-corrected chi connectivity index (χ2v) is 39.2. The molecule has 30 nitrogen and oxygen atoms in total. The first-order valence-corrected chi connectivity index (χ1v) is 47.3. The molecule has 0 aromatic heterocycles. The van der Waals surface area contributed by atoms with Gasteiger partial charge in [0.25, 0.3) is 0 Å². The van der Waals surface area contributed by atoms with Crippen molar-refractivity contribution >= 4 is 65.2 Å². The number of benzene rings is 2. The Morgan fingerprint density at radius 1 is 0.469 bits per heavy atom. The molecule has 4 fully saturated rings. The van der Waals surface area contributed by atoms with Crippen LogP contribution in [0.5, 0.6) is 0 Å². The summed E-state index contributed by atoms with van der Waals surface area (Å²) in [4.78, 5) is 161. The Labute approximate surface area is 767 Å². The molecule has 3 heterocycles. The molecule has 18 atom stereocenters. The van der Waals surface area contributed by atoms with E-state index < -0.39 is 108 Å². The number of likely N-dealkylation sites (tertiary alicyclic amines) is 3. The van der Waals surface area contributed by atoms with Crippen LogP contribution in [-0.2, 0) is 84.5 Å². The molecule has 4 aliphatic rings. The fourth-order valence-electron chi connectivity index (χ4n) is 19.0. The fraction of sp³-hybridized carbons (Fsp3) is 0.765. The lowest BCUT2D eigenvalue weighted by molar-refractivity contribution is -0.148. The van der Waals surface area contributed by atoms with Crippen LogP contribution in [0.15, 0.2) is 60.7 Å². The van der Waals surface area contributed by atoms with E-state index in [9.17, 15) is 57.8 Å². The van der Waals surface area contributed by atoms with Gasteiger partial charge in [0.15, 0.2) is 0 Å². The third-order valence-corrected chi connectivity index (χ3v) is 26.6. The molecule has 2 aromatic carbocycles. The highest BCUT2D eigenvalue weighted by molar-refractivity contribution is 5.92. The number of carbonyl (C=O) groups excluding carboxylic acids is 10. The summed E-state index contributed by atoms with van der Waals surface area (Å²) in [6, 6.07) is 12.8. The first-order valence-electron chi connectivity index (χ1n) is 47.3. The zero-order valence-corrected chi connectivity index (χ0v) is 83.1. The van der Waals surface area contributed by atoms with Crippen LogP contribution < -0.4 is 32.3 Å². The van der Waals surface area contributed by atoms with Gasteiger partial charge in [0, 0.05) is 88.1 Å². The van der Waals surface area contributed by atoms with Gasteiger partial charge in [0.2, 0.25) is 53.2 Å². The molecule has 0 spiro atoms. The predicted molar refractivity (Wildman–Crippen MR) is 501 cm³/mol. The zero-order valence-electron chi connectivity index (χ0n) is 83.1. The number of methoxy groups -OCH3 is 4. The zero-order chi connectivity index (χ0) is 96.3. The van der Waals surface area contributed by atoms with Crippen LogP contribution in [0, 0.1) is 59.2 Å². The minimum atomic E-state index is -1.14. The largest absolute Gasteiger partial charge is 0.480 e. The van der Waals surface area contributed by atoms with E-state index in [1.165, 1.54) is 33.5 Å². The van der Waals surface area contributed by atoms with E-state index >= 15 is 0 Å². The summed E-state index contributed by atoms with van der Waals surface area (Å²) < 4.78 is 29.3. The summed E-state index contributed by atoms with van der Waals surface area (Å²) in [5, 5.41) is 24.8. The molecule has 0 bridgehead atoms. The smallest absolute Gasteiger partial charge is 0.410 e. The van der Waals surface area contributed by atoms with E-state index in [4.69, 9.17) is 29.4 Å². The van der Waals surface area contributed by atoms with Crippen LogP contribution >= 0.6 is 0 Å². The number of carboxylic acid groups (broad SMARTS) is 1. The summed E-state index contributed by atoms with van der Waals surface area (Å²) in [5.41, 5.74) is 6.92. The number of likely N-dealkylation sites (N-methyl/N-ethyl adjacent to an activating group) is 4. The van der Waals surface area contributed by atoms with Crippen LogP contribution in [0.25, 0.3) is 0 Å². The van der Waals surface area contributed by atoms with Crippen molar-refractivity contribution in [3.63, 3.8) is 0 Å². The van der Waals surface area contributed by atoms with Crippen LogP contribution in [0.3, 0.4) is 0 Å². The van der Waals surface area contributed by atoms with Gasteiger partial charge in [-0.1, -0.05) is 190 Å². The lowest BCUT2D eigenvalue weighted by Crippen LogP contribution is -2.59. The van der Waals surface area contributed by atoms with E-state index in [1.54, 1.807) is 61.8 Å². The number of hydrogen-bond donors (Lipinski definition) is 7. The van der Waals surface area contributed by atoms with Gasteiger partial charge in [0.1, 0.15) is 29.8 Å². The van der Waals surface area contributed by atoms with Gasteiger partial charge in [0.05, 0.1) is 85.3 Å². The number of carboxylic acids is 1. The maximum absolute atomic E-state index is 14.4. The second-order valence-electron chi connectivity index (χ2n) is 39.2. The molecule has 0 unspecified atom stereocenters. The maximum Gasteiger partial charge on any atom is 0.410 e. The molecule has 8 N–H and O–H groups in total. The number of ether oxygens (including phenoxy) is 5. The lowest BCUT2D eigenvalue weighted by Gasteiger charge is -2.41. The lowest BCUT2D eigenvalue weighted by atomic mass is 9.89. The van der Waals surface area contributed by atoms with E-state index in [0.29, 0.717) is 57.2 Å². The Morgan fingerprint density at radius 2 is 0.852 bits per heavy atom. The van der Waals surface area contributed by atoms with Crippen molar-refractivity contribution in [1.82, 2.24) is 60.9 Å². The van der Waals surface area contributed by atoms with Crippen molar-refractivity contribution in [2.45, 2.75) is 317 Å². The standard InChI is InChI=1S/C47H80N6O7.C40H67N5O8.C11H22N2O2/c1-13-32(6)42(52(10)47(58)40(30(2)3)50-46(57)41(31(4)5)51(8)9)38(59-11)28-39(54)53-26-20-25-37(53)43(60-12)33(7)44(55)49-36(27-34-21-16-14-17-22-34)45(56)48-29-35-23-18-15-19-24-35;1-13-26(6)35(44(10)39(49)33(24(2)3)42-38(48)34(25(4)5)43(8)9)31(52-11)23-32(46)45-21-17-20-30(45)36(53-12)27(7)37(47)41-29(40(50)51)22-28-18-15-14-16-19-28;1-11(2,3)15-10(14)13-6-4-9(8-12)5-7-13/h14,16-17,21-22,30-33,35-38,40-43H,13,15,18-20,23-29H2,1-12H3,(H,48,56)(H,49,55)(H,50,57);14-16,18-19,24-27,29-31,33-36H,13,17,20-23H2,1-12H3,(H,41,47)(H,42,48)(H,50,51);9H,4-8,12H2,1-3H3/t32-,33+,36-,37-,38+,40-,41-,42-,43+;26-,27+,29-,30-,31+,33-,34-,35-,36+;/m00./s1. The van der Waals surface area contributed by atoms with Crippen LogP contribution in [0.4, 0.5) is 4.79 Å². The van der Waals surface area contributed by atoms with E-state index in [0.717, 1.165) is 75.7 Å². The Kier molecular flexibility index (Phi) is 48.7. The SMILES string of the molecule is CC(C)(C)OC(=O)N1CCC(CN)CC1.CC[C@H](C)[C@@H]([C@@H](CC(=O)N1CCC[C@H]1[C@H](OC)[C@@H](C)C(=O)N[C@@H](Cc1ccccc1)C(=O)NCC1CCCCC1)OC)N(C)C(=O)[C@@H](NC(=O)[C@H](C(C)C)N(C)C)C(C)C.CC[C@H](C)[C@@H]([C@@H](CC(=O)N1CCC[C@H]1[C@H](OC)[C@@H](C)C(=O)N[C@@H](Cc1ccccc1)C(=O)O)OC)N(C)C(=O)[C@@H](NC(=O)[C@H](C(C)C)N(C)C)C(C)C. The van der Waals surface area contributed by atoms with Gasteiger partial charge >= 0.3 is 12.1 Å². The molecule has 1 aliphatic carbocycles. The summed E-state index contributed by atoms with van der Waals surface area (Å²) >= 11 is 0. The van der Waals surface area contributed by atoms with Crippen molar-refractivity contribution in [3.8, 4) is 0 Å². The first kappa shape index (κ1) is 112. The van der Waals surface area contributed by atoms with Gasteiger partial charge in [-0.15, -0.1) is 0 Å². The quantitative estimate of drug-likeness (QED) is 0.0324. The van der Waals surface area contributed by atoms with Gasteiger partial charge < -0.3 is 85.6 Å². The van der Waals surface area contributed by atoms with Crippen LogP contribution in [-0.4, -0.2) is 305 Å². The number of nitrogens with zero attached hydrogens (tertiary/aromatic N) is 7. The molecule has 2 aromatic rings. The first-order chi connectivity index (χ1) is 60.3. The minimum absolute atomic E-state index is 0.0104. The fourth-order valence-corrected chi connectivity index (χ4v) is 19.0. The number of amides is 10. The predicted octanol–water partition coefficient (Wildman–Crippen LogP) is 10.1. The van der Waals surface area contributed by atoms with Gasteiger partial charge in [-0.05, 0) is 165 Å². The van der Waals surface area contributed by atoms with E-state index in [1.807, 2.05) is 200 Å². The van der Waals surface area contributed by atoms with Crippen molar-refractivity contribution in [2.75, 3.05) is 110 Å². The molecule has 728 valence electrons. The topological polar surface area (TPSA) is 363 Å². The second kappa shape index (κ2) is 55.5. The molecule has 30 heteroatoms. The highest BCUT2D eigenvalue weighted by Gasteiger charge is 2.47.